The summed E-state index contributed by atoms with van der Waals surface area (Å²) in [5.74, 6) is 1.20. The van der Waals surface area contributed by atoms with Gasteiger partial charge in [0.25, 0.3) is 0 Å². The molecule has 0 aromatic heterocycles. The molecule has 2 aromatic carbocycles. The molecule has 27 heavy (non-hydrogen) atoms. The monoisotopic (exact) mass is 383 g/mol. The van der Waals surface area contributed by atoms with E-state index in [4.69, 9.17) is 0 Å². The molecule has 0 bridgehead atoms. The van der Waals surface area contributed by atoms with Crippen LogP contribution >= 0.6 is 11.8 Å². The second-order valence-corrected chi connectivity index (χ2v) is 8.00. The van der Waals surface area contributed by atoms with E-state index in [-0.39, 0.29) is 5.91 Å². The molecule has 0 saturated carbocycles. The Labute approximate surface area is 169 Å². The van der Waals surface area contributed by atoms with E-state index in [1.807, 2.05) is 53.6 Å². The van der Waals surface area contributed by atoms with Crippen LogP contribution in [-0.2, 0) is 11.2 Å². The first kappa shape index (κ1) is 21.6. The largest absolute Gasteiger partial charge is 0.349 e. The summed E-state index contributed by atoms with van der Waals surface area (Å²) in [5, 5.41) is 0.327. The van der Waals surface area contributed by atoms with Crippen molar-refractivity contribution in [3.8, 4) is 0 Å². The van der Waals surface area contributed by atoms with Gasteiger partial charge in [-0.15, -0.1) is 11.8 Å². The summed E-state index contributed by atoms with van der Waals surface area (Å²) in [6, 6.07) is 17.5. The fraction of sp³-hybridized carbons (Fsp3) is 0.458. The van der Waals surface area contributed by atoms with Gasteiger partial charge in [0.1, 0.15) is 0 Å². The highest BCUT2D eigenvalue weighted by Gasteiger charge is 2.43. The molecule has 3 heteroatoms. The van der Waals surface area contributed by atoms with Crippen LogP contribution in [0.5, 0.6) is 0 Å². The zero-order chi connectivity index (χ0) is 20.0. The Kier molecular flexibility index (Phi) is 7.97. The maximum atomic E-state index is 12.3. The number of carbonyl (C=O) groups excluding carboxylic acids is 1. The number of rotatable bonds is 2. The maximum absolute atomic E-state index is 12.3. The summed E-state index contributed by atoms with van der Waals surface area (Å²) in [4.78, 5) is 15.4. The Hall–Kier alpha value is -1.74. The summed E-state index contributed by atoms with van der Waals surface area (Å²) in [5.41, 5.74) is 4.38. The van der Waals surface area contributed by atoms with Gasteiger partial charge in [0.2, 0.25) is 5.91 Å². The van der Waals surface area contributed by atoms with Gasteiger partial charge in [-0.3, -0.25) is 4.79 Å². The van der Waals surface area contributed by atoms with Crippen LogP contribution in [0, 0.1) is 0 Å². The molecule has 2 aromatic rings. The van der Waals surface area contributed by atoms with Crippen LogP contribution in [0.3, 0.4) is 0 Å². The molecule has 2 aliphatic rings. The van der Waals surface area contributed by atoms with Gasteiger partial charge in [-0.25, -0.2) is 0 Å². The summed E-state index contributed by atoms with van der Waals surface area (Å²) in [6.45, 7) is 8.00. The topological polar surface area (TPSA) is 20.3 Å². The minimum atomic E-state index is 0.227. The predicted molar refractivity (Wildman–Crippen MR) is 118 cm³/mol. The van der Waals surface area contributed by atoms with Crippen molar-refractivity contribution in [2.24, 2.45) is 0 Å². The van der Waals surface area contributed by atoms with Crippen molar-refractivity contribution in [2.45, 2.75) is 62.5 Å². The molecule has 3 atom stereocenters. The average molecular weight is 384 g/mol. The summed E-state index contributed by atoms with van der Waals surface area (Å²) in [7, 11) is 3.70. The molecule has 1 aliphatic carbocycles. The lowest BCUT2D eigenvalue weighted by Crippen LogP contribution is -2.31. The first-order valence-electron chi connectivity index (χ1n) is 10.2. The fourth-order valence-electron chi connectivity index (χ4n) is 4.04. The lowest BCUT2D eigenvalue weighted by Gasteiger charge is -2.36. The van der Waals surface area contributed by atoms with Crippen LogP contribution in [0.2, 0.25) is 0 Å². The molecule has 146 valence electrons. The standard InChI is InChI=1S/C20H21NOS.2C2H6/c1-21(2)19(22)12-18-20-14-8-4-3-7-13(14)11-16(20)15-9-5-6-10-17(15)23-18;2*1-2/h3-10,16,18,20H,11-12H2,1-2H3;2*1-2H3. The van der Waals surface area contributed by atoms with Gasteiger partial charge in [-0.05, 0) is 35.1 Å². The molecule has 2 nitrogen and oxygen atoms in total. The highest BCUT2D eigenvalue weighted by atomic mass is 32.2. The van der Waals surface area contributed by atoms with Crippen LogP contribution in [0.15, 0.2) is 53.4 Å². The van der Waals surface area contributed by atoms with E-state index in [2.05, 4.69) is 48.5 Å². The van der Waals surface area contributed by atoms with E-state index in [1.54, 1.807) is 4.90 Å². The fourth-order valence-corrected chi connectivity index (χ4v) is 5.59. The Balaban J connectivity index is 0.000000614. The second-order valence-electron chi connectivity index (χ2n) is 6.72. The third-order valence-corrected chi connectivity index (χ3v) is 6.55. The van der Waals surface area contributed by atoms with Crippen molar-refractivity contribution in [2.75, 3.05) is 14.1 Å². The number of nitrogens with zero attached hydrogens (tertiary/aromatic N) is 1. The van der Waals surface area contributed by atoms with E-state index in [9.17, 15) is 4.79 Å². The molecule has 0 spiro atoms. The van der Waals surface area contributed by atoms with Crippen LogP contribution < -0.4 is 0 Å². The van der Waals surface area contributed by atoms with Crippen LogP contribution in [0.25, 0.3) is 0 Å². The van der Waals surface area contributed by atoms with E-state index in [0.29, 0.717) is 23.5 Å². The highest BCUT2D eigenvalue weighted by Crippen LogP contribution is 2.56. The van der Waals surface area contributed by atoms with Crippen molar-refractivity contribution < 1.29 is 4.79 Å². The van der Waals surface area contributed by atoms with E-state index in [0.717, 1.165) is 6.42 Å². The highest BCUT2D eigenvalue weighted by molar-refractivity contribution is 8.00. The molecule has 0 N–H and O–H groups in total. The smallest absolute Gasteiger partial charge is 0.223 e. The van der Waals surface area contributed by atoms with E-state index in [1.165, 1.54) is 21.6 Å². The lowest BCUT2D eigenvalue weighted by atomic mass is 9.82. The number of fused-ring (bicyclic) bond motifs is 5. The average Bonchev–Trinajstić information content (AvgIpc) is 3.11. The van der Waals surface area contributed by atoms with Crippen LogP contribution in [0.4, 0.5) is 0 Å². The van der Waals surface area contributed by atoms with E-state index >= 15 is 0 Å². The van der Waals surface area contributed by atoms with Gasteiger partial charge in [-0.2, -0.15) is 0 Å². The molecule has 1 amide bonds. The molecule has 0 radical (unpaired) electrons. The molecular formula is C24H33NOS. The van der Waals surface area contributed by atoms with Crippen molar-refractivity contribution in [3.05, 3.63) is 65.2 Å². The molecule has 0 fully saturated rings. The quantitative estimate of drug-likeness (QED) is 0.623. The van der Waals surface area contributed by atoms with Gasteiger partial charge in [0.15, 0.2) is 0 Å². The molecule has 1 heterocycles. The summed E-state index contributed by atoms with van der Waals surface area (Å²) < 4.78 is 0. The second kappa shape index (κ2) is 9.98. The zero-order valence-electron chi connectivity index (χ0n) is 17.5. The van der Waals surface area contributed by atoms with E-state index < -0.39 is 0 Å². The predicted octanol–water partition coefficient (Wildman–Crippen LogP) is 6.12. The SMILES string of the molecule is CC.CC.CN(C)C(=O)CC1Sc2ccccc2C2Cc3ccccc3C12. The van der Waals surface area contributed by atoms with Gasteiger partial charge in [0.05, 0.1) is 0 Å². The molecule has 1 aliphatic heterocycles. The van der Waals surface area contributed by atoms with Crippen molar-refractivity contribution in [3.63, 3.8) is 0 Å². The Bertz CT molecular complexity index is 756. The van der Waals surface area contributed by atoms with Crippen LogP contribution in [0.1, 0.15) is 62.6 Å². The third kappa shape index (κ3) is 4.40. The summed E-state index contributed by atoms with van der Waals surface area (Å²) in [6.07, 6.45) is 1.71. The first-order chi connectivity index (χ1) is 13.1. The number of hydrogen-bond acceptors (Lipinski definition) is 2. The normalized spacial score (nSPS) is 21.3. The Morgan fingerprint density at radius 1 is 0.963 bits per heavy atom. The molecule has 0 saturated heterocycles. The number of benzene rings is 2. The maximum Gasteiger partial charge on any atom is 0.223 e. The van der Waals surface area contributed by atoms with Crippen molar-refractivity contribution >= 4 is 17.7 Å². The molecular weight excluding hydrogens is 350 g/mol. The molecule has 4 rings (SSSR count). The number of hydrogen-bond donors (Lipinski definition) is 0. The van der Waals surface area contributed by atoms with Gasteiger partial charge in [0, 0.05) is 36.6 Å². The number of carbonyl (C=O) groups is 1. The first-order valence-corrected chi connectivity index (χ1v) is 11.1. The Morgan fingerprint density at radius 3 is 2.22 bits per heavy atom. The number of thioether (sulfide) groups is 1. The number of amides is 1. The third-order valence-electron chi connectivity index (χ3n) is 5.16. The van der Waals surface area contributed by atoms with Crippen molar-refractivity contribution in [1.29, 1.82) is 0 Å². The zero-order valence-corrected chi connectivity index (χ0v) is 18.3. The Morgan fingerprint density at radius 2 is 1.56 bits per heavy atom. The van der Waals surface area contributed by atoms with Gasteiger partial charge >= 0.3 is 0 Å². The summed E-state index contributed by atoms with van der Waals surface area (Å²) >= 11 is 1.90. The lowest BCUT2D eigenvalue weighted by molar-refractivity contribution is -0.128. The van der Waals surface area contributed by atoms with Crippen LogP contribution in [-0.4, -0.2) is 30.2 Å². The minimum Gasteiger partial charge on any atom is -0.349 e. The minimum absolute atomic E-state index is 0.227. The molecule has 3 unspecified atom stereocenters. The van der Waals surface area contributed by atoms with Crippen molar-refractivity contribution in [1.82, 2.24) is 4.90 Å². The van der Waals surface area contributed by atoms with Gasteiger partial charge < -0.3 is 4.90 Å². The van der Waals surface area contributed by atoms with Gasteiger partial charge in [-0.1, -0.05) is 70.2 Å².